The Morgan fingerprint density at radius 3 is 1.89 bits per heavy atom. The van der Waals surface area contributed by atoms with E-state index in [1.54, 1.807) is 0 Å². The van der Waals surface area contributed by atoms with Gasteiger partial charge in [0.25, 0.3) is 0 Å². The molecule has 0 unspecified atom stereocenters. The molecule has 2 aromatic heterocycles. The molecule has 0 bridgehead atoms. The molecule has 0 radical (unpaired) electrons. The van der Waals surface area contributed by atoms with Gasteiger partial charge in [-0.2, -0.15) is 0 Å². The van der Waals surface area contributed by atoms with Gasteiger partial charge in [0, 0.05) is 53.3 Å². The summed E-state index contributed by atoms with van der Waals surface area (Å²) in [5.74, 6) is 0.632. The molecule has 0 spiro atoms. The maximum atomic E-state index is 6.63. The van der Waals surface area contributed by atoms with E-state index in [1.165, 1.54) is 42.1 Å². The molecule has 11 aromatic rings. The molecule has 53 heavy (non-hydrogen) atoms. The average molecular weight is 695 g/mol. The molecule has 0 aliphatic carbocycles. The van der Waals surface area contributed by atoms with Gasteiger partial charge in [-0.15, -0.1) is 11.3 Å². The van der Waals surface area contributed by atoms with Crippen LogP contribution in [-0.4, -0.2) is 4.98 Å². The molecule has 0 atom stereocenters. The molecule has 0 saturated carbocycles. The third-order valence-electron chi connectivity index (χ3n) is 10.5. The van der Waals surface area contributed by atoms with Crippen LogP contribution < -0.4 is 4.90 Å². The number of anilines is 3. The van der Waals surface area contributed by atoms with Crippen LogP contribution in [0.15, 0.2) is 186 Å². The number of hydrogen-bond donors (Lipinski definition) is 0. The molecule has 11 rings (SSSR count). The molecule has 0 aliphatic rings. The first-order chi connectivity index (χ1) is 26.3. The Hall–Kier alpha value is -6.75. The van der Waals surface area contributed by atoms with Gasteiger partial charge in [-0.3, -0.25) is 0 Å². The van der Waals surface area contributed by atoms with E-state index < -0.39 is 0 Å². The minimum Gasteiger partial charge on any atom is -0.435 e. The number of benzene rings is 9. The predicted octanol–water partition coefficient (Wildman–Crippen LogP) is 14.5. The summed E-state index contributed by atoms with van der Waals surface area (Å²) in [6, 6.07) is 65.1. The first-order valence-corrected chi connectivity index (χ1v) is 18.7. The van der Waals surface area contributed by atoms with Crippen molar-refractivity contribution in [1.82, 2.24) is 4.98 Å². The zero-order valence-electron chi connectivity index (χ0n) is 28.5. The van der Waals surface area contributed by atoms with E-state index in [0.29, 0.717) is 5.89 Å². The maximum Gasteiger partial charge on any atom is 0.227 e. The normalized spacial score (nSPS) is 11.8. The number of hydrogen-bond acceptors (Lipinski definition) is 4. The van der Waals surface area contributed by atoms with E-state index in [2.05, 4.69) is 157 Å². The molecule has 248 valence electrons. The highest BCUT2D eigenvalue weighted by atomic mass is 32.1. The fourth-order valence-corrected chi connectivity index (χ4v) is 9.11. The molecule has 0 amide bonds. The monoisotopic (exact) mass is 694 g/mol. The number of aromatic nitrogens is 1. The Morgan fingerprint density at radius 2 is 1.06 bits per heavy atom. The van der Waals surface area contributed by atoms with Crippen LogP contribution in [0.5, 0.6) is 0 Å². The van der Waals surface area contributed by atoms with Crippen molar-refractivity contribution in [2.75, 3.05) is 4.90 Å². The topological polar surface area (TPSA) is 29.3 Å². The van der Waals surface area contributed by atoms with E-state index in [9.17, 15) is 0 Å². The summed E-state index contributed by atoms with van der Waals surface area (Å²) >= 11 is 1.85. The van der Waals surface area contributed by atoms with Gasteiger partial charge in [-0.25, -0.2) is 4.98 Å². The highest BCUT2D eigenvalue weighted by Crippen LogP contribution is 2.45. The van der Waals surface area contributed by atoms with Gasteiger partial charge < -0.3 is 9.32 Å². The average Bonchev–Trinajstić information content (AvgIpc) is 3.83. The van der Waals surface area contributed by atoms with Crippen molar-refractivity contribution < 1.29 is 4.42 Å². The van der Waals surface area contributed by atoms with Gasteiger partial charge in [0.1, 0.15) is 5.52 Å². The first-order valence-electron chi connectivity index (χ1n) is 17.9. The summed E-state index contributed by atoms with van der Waals surface area (Å²) in [5, 5.41) is 9.47. The van der Waals surface area contributed by atoms with Crippen LogP contribution in [0, 0.1) is 0 Å². The summed E-state index contributed by atoms with van der Waals surface area (Å²) in [4.78, 5) is 7.35. The SMILES string of the molecule is c1ccc(-c2ccc(N(c3ccc4c(c3)sc3ccccc34)c3cccc4c3ccc3ccc5ccc6nc(-c7ccccc7)oc6c5c34)cc2)cc1. The Balaban J connectivity index is 1.16. The molecule has 0 N–H and O–H groups in total. The van der Waals surface area contributed by atoms with Crippen molar-refractivity contribution in [3.05, 3.63) is 182 Å². The van der Waals surface area contributed by atoms with Crippen LogP contribution in [0.1, 0.15) is 0 Å². The Bertz CT molecular complexity index is 3160. The smallest absolute Gasteiger partial charge is 0.227 e. The number of nitrogens with zero attached hydrogens (tertiary/aromatic N) is 2. The third kappa shape index (κ3) is 4.84. The first kappa shape index (κ1) is 29.9. The van der Waals surface area contributed by atoms with Crippen molar-refractivity contribution in [2.24, 2.45) is 0 Å². The fraction of sp³-hybridized carbons (Fsp3) is 0. The second kappa shape index (κ2) is 11.9. The van der Waals surface area contributed by atoms with Gasteiger partial charge in [-0.05, 0) is 81.9 Å². The molecular weight excluding hydrogens is 665 g/mol. The van der Waals surface area contributed by atoms with Crippen LogP contribution in [0.25, 0.3) is 86.2 Å². The van der Waals surface area contributed by atoms with Crippen LogP contribution in [0.3, 0.4) is 0 Å². The highest BCUT2D eigenvalue weighted by molar-refractivity contribution is 7.25. The summed E-state index contributed by atoms with van der Waals surface area (Å²) in [6.07, 6.45) is 0. The van der Waals surface area contributed by atoms with Crippen molar-refractivity contribution in [2.45, 2.75) is 0 Å². The zero-order valence-corrected chi connectivity index (χ0v) is 29.3. The molecular formula is C49H30N2OS. The lowest BCUT2D eigenvalue weighted by Crippen LogP contribution is -2.10. The van der Waals surface area contributed by atoms with Gasteiger partial charge in [-0.1, -0.05) is 127 Å². The van der Waals surface area contributed by atoms with Crippen LogP contribution in [0.4, 0.5) is 17.1 Å². The predicted molar refractivity (Wildman–Crippen MR) is 225 cm³/mol. The van der Waals surface area contributed by atoms with Crippen LogP contribution in [0.2, 0.25) is 0 Å². The van der Waals surface area contributed by atoms with E-state index >= 15 is 0 Å². The van der Waals surface area contributed by atoms with Gasteiger partial charge >= 0.3 is 0 Å². The number of fused-ring (bicyclic) bond motifs is 10. The minimum absolute atomic E-state index is 0.632. The van der Waals surface area contributed by atoms with Crippen molar-refractivity contribution in [3.8, 4) is 22.6 Å². The van der Waals surface area contributed by atoms with Crippen LogP contribution >= 0.6 is 11.3 Å². The van der Waals surface area contributed by atoms with Crippen molar-refractivity contribution in [1.29, 1.82) is 0 Å². The molecule has 2 heterocycles. The summed E-state index contributed by atoms with van der Waals surface area (Å²) in [6.45, 7) is 0. The van der Waals surface area contributed by atoms with Gasteiger partial charge in [0.2, 0.25) is 5.89 Å². The van der Waals surface area contributed by atoms with E-state index in [-0.39, 0.29) is 0 Å². The summed E-state index contributed by atoms with van der Waals surface area (Å²) in [7, 11) is 0. The lowest BCUT2D eigenvalue weighted by molar-refractivity contribution is 0.623. The van der Waals surface area contributed by atoms with Crippen molar-refractivity contribution >= 4 is 92.0 Å². The lowest BCUT2D eigenvalue weighted by atomic mass is 9.94. The molecule has 0 fully saturated rings. The fourth-order valence-electron chi connectivity index (χ4n) is 7.97. The second-order valence-corrected chi connectivity index (χ2v) is 14.6. The van der Waals surface area contributed by atoms with Crippen molar-refractivity contribution in [3.63, 3.8) is 0 Å². The Labute approximate surface area is 309 Å². The number of rotatable bonds is 5. The second-order valence-electron chi connectivity index (χ2n) is 13.5. The van der Waals surface area contributed by atoms with Gasteiger partial charge in [0.05, 0.1) is 5.69 Å². The third-order valence-corrected chi connectivity index (χ3v) is 11.6. The minimum atomic E-state index is 0.632. The quantitative estimate of drug-likeness (QED) is 0.168. The molecule has 0 aliphatic heterocycles. The highest BCUT2D eigenvalue weighted by Gasteiger charge is 2.20. The molecule has 4 heteroatoms. The van der Waals surface area contributed by atoms with Gasteiger partial charge in [0.15, 0.2) is 5.58 Å². The summed E-state index contributed by atoms with van der Waals surface area (Å²) < 4.78 is 9.21. The Morgan fingerprint density at radius 1 is 0.434 bits per heavy atom. The Kier molecular flexibility index (Phi) is 6.73. The number of thiophene rings is 1. The zero-order chi connectivity index (χ0) is 34.9. The maximum absolute atomic E-state index is 6.63. The lowest BCUT2D eigenvalue weighted by Gasteiger charge is -2.27. The molecule has 9 aromatic carbocycles. The summed E-state index contributed by atoms with van der Waals surface area (Å²) in [5.41, 5.74) is 8.36. The van der Waals surface area contributed by atoms with E-state index in [1.807, 2.05) is 41.7 Å². The standard InChI is InChI=1S/C49H30N2OS/c1-3-10-31(11-4-1)32-20-24-36(25-21-32)51(37-26-28-40-39-14-7-8-17-44(39)53-45(40)30-37)43-16-9-15-41-38(43)27-22-33-18-19-34-23-29-42-48(47(34)46(33)41)52-49(50-42)35-12-5-2-6-13-35/h1-30H. The van der Waals surface area contributed by atoms with E-state index in [0.717, 1.165) is 55.3 Å². The largest absolute Gasteiger partial charge is 0.435 e. The van der Waals surface area contributed by atoms with E-state index in [4.69, 9.17) is 9.40 Å². The number of oxazole rings is 1. The molecule has 0 saturated heterocycles. The van der Waals surface area contributed by atoms with Crippen LogP contribution in [-0.2, 0) is 0 Å². The molecule has 3 nitrogen and oxygen atoms in total.